The second kappa shape index (κ2) is 12.7. The van der Waals surface area contributed by atoms with E-state index in [1.54, 1.807) is 36.7 Å². The van der Waals surface area contributed by atoms with Gasteiger partial charge in [-0.05, 0) is 55.9 Å². The standard InChI is InChI=1S/C22H27N3O6S/c1-3-4-14-30-19-9-11-20(12-10-19)32(28,29)16-24-21(22(26)25-27)17-5-7-18(8-6-17)31-15-13-23-2/h5-12,21,23-24,27H,13-16H2,1-2H3,(H,25,26). The molecule has 0 heterocycles. The summed E-state index contributed by atoms with van der Waals surface area (Å²) in [5.41, 5.74) is 2.03. The fraction of sp³-hybridized carbons (Fsp3) is 0.318. The molecule has 0 saturated heterocycles. The van der Waals surface area contributed by atoms with Crippen LogP contribution in [-0.2, 0) is 14.6 Å². The lowest BCUT2D eigenvalue weighted by molar-refractivity contribution is -0.131. The monoisotopic (exact) mass is 461 g/mol. The van der Waals surface area contributed by atoms with Gasteiger partial charge in [0.05, 0.1) is 4.90 Å². The van der Waals surface area contributed by atoms with Crippen LogP contribution < -0.4 is 25.6 Å². The van der Waals surface area contributed by atoms with Gasteiger partial charge in [-0.2, -0.15) is 0 Å². The molecule has 1 amide bonds. The molecule has 0 saturated carbocycles. The Kier molecular flexibility index (Phi) is 9.97. The molecule has 0 aliphatic heterocycles. The maximum atomic E-state index is 12.7. The minimum Gasteiger partial charge on any atom is -0.492 e. The summed E-state index contributed by atoms with van der Waals surface area (Å²) in [6.07, 6.45) is 0. The van der Waals surface area contributed by atoms with Gasteiger partial charge in [0.2, 0.25) is 0 Å². The number of likely N-dealkylation sites (N-methyl/N-ethyl adjacent to an activating group) is 1. The lowest BCUT2D eigenvalue weighted by Gasteiger charge is -2.18. The molecule has 0 bridgehead atoms. The summed E-state index contributed by atoms with van der Waals surface area (Å²) in [5, 5.41) is 14.7. The normalized spacial score (nSPS) is 11.7. The van der Waals surface area contributed by atoms with Gasteiger partial charge < -0.3 is 14.8 Å². The molecule has 0 aromatic heterocycles. The highest BCUT2D eigenvalue weighted by Crippen LogP contribution is 2.20. The summed E-state index contributed by atoms with van der Waals surface area (Å²) in [7, 11) is -1.94. The Morgan fingerprint density at radius 2 is 1.69 bits per heavy atom. The average molecular weight is 462 g/mol. The Bertz CT molecular complexity index is 1030. The molecule has 172 valence electrons. The third-order valence-electron chi connectivity index (χ3n) is 4.35. The van der Waals surface area contributed by atoms with Crippen molar-refractivity contribution in [2.45, 2.75) is 17.9 Å². The predicted octanol–water partition coefficient (Wildman–Crippen LogP) is 1.25. The molecule has 0 spiro atoms. The SMILES string of the molecule is CC#CCOc1ccc(S(=O)(=O)CNC(C(=O)NO)c2ccc(OCCNC)cc2)cc1. The van der Waals surface area contributed by atoms with E-state index < -0.39 is 27.7 Å². The highest BCUT2D eigenvalue weighted by Gasteiger charge is 2.23. The zero-order valence-corrected chi connectivity index (χ0v) is 18.7. The number of rotatable bonds is 12. The van der Waals surface area contributed by atoms with Gasteiger partial charge in [0.1, 0.15) is 36.6 Å². The van der Waals surface area contributed by atoms with E-state index in [4.69, 9.17) is 14.7 Å². The fourth-order valence-electron chi connectivity index (χ4n) is 2.67. The number of hydrogen-bond donors (Lipinski definition) is 4. The summed E-state index contributed by atoms with van der Waals surface area (Å²) in [4.78, 5) is 12.2. The smallest absolute Gasteiger partial charge is 0.265 e. The van der Waals surface area contributed by atoms with Crippen LogP contribution in [-0.4, -0.2) is 52.2 Å². The largest absolute Gasteiger partial charge is 0.492 e. The van der Waals surface area contributed by atoms with Gasteiger partial charge in [-0.15, -0.1) is 5.92 Å². The van der Waals surface area contributed by atoms with Crippen molar-refractivity contribution in [1.29, 1.82) is 0 Å². The van der Waals surface area contributed by atoms with E-state index in [1.165, 1.54) is 24.3 Å². The zero-order valence-electron chi connectivity index (χ0n) is 17.9. The van der Waals surface area contributed by atoms with Crippen LogP contribution in [0, 0.1) is 11.8 Å². The van der Waals surface area contributed by atoms with Crippen LogP contribution in [0.4, 0.5) is 0 Å². The zero-order chi connectivity index (χ0) is 23.4. The molecule has 2 aromatic rings. The third kappa shape index (κ3) is 7.55. The second-order valence-corrected chi connectivity index (χ2v) is 8.57. The molecule has 0 aliphatic carbocycles. The van der Waals surface area contributed by atoms with Crippen molar-refractivity contribution in [2.75, 3.05) is 32.7 Å². The maximum absolute atomic E-state index is 12.7. The molecule has 10 heteroatoms. The molecule has 4 N–H and O–H groups in total. The van der Waals surface area contributed by atoms with Crippen molar-refractivity contribution in [3.63, 3.8) is 0 Å². The molecule has 0 radical (unpaired) electrons. The van der Waals surface area contributed by atoms with E-state index in [9.17, 15) is 13.2 Å². The Hall–Kier alpha value is -3.10. The molecule has 32 heavy (non-hydrogen) atoms. The van der Waals surface area contributed by atoms with Crippen molar-refractivity contribution in [2.24, 2.45) is 0 Å². The molecule has 1 atom stereocenters. The van der Waals surface area contributed by atoms with Crippen molar-refractivity contribution in [3.05, 3.63) is 54.1 Å². The second-order valence-electron chi connectivity index (χ2n) is 6.58. The Morgan fingerprint density at radius 1 is 1.06 bits per heavy atom. The van der Waals surface area contributed by atoms with Gasteiger partial charge in [0.15, 0.2) is 9.84 Å². The summed E-state index contributed by atoms with van der Waals surface area (Å²) in [6.45, 7) is 3.06. The third-order valence-corrected chi connectivity index (χ3v) is 5.89. The molecule has 0 aliphatic rings. The van der Waals surface area contributed by atoms with Crippen LogP contribution in [0.2, 0.25) is 0 Å². The van der Waals surface area contributed by atoms with Gasteiger partial charge in [-0.3, -0.25) is 15.3 Å². The van der Waals surface area contributed by atoms with Crippen LogP contribution in [0.1, 0.15) is 18.5 Å². The van der Waals surface area contributed by atoms with E-state index >= 15 is 0 Å². The van der Waals surface area contributed by atoms with Gasteiger partial charge in [-0.1, -0.05) is 18.1 Å². The van der Waals surface area contributed by atoms with Crippen LogP contribution in [0.3, 0.4) is 0 Å². The van der Waals surface area contributed by atoms with Crippen LogP contribution in [0.25, 0.3) is 0 Å². The van der Waals surface area contributed by atoms with Gasteiger partial charge in [-0.25, -0.2) is 13.9 Å². The van der Waals surface area contributed by atoms with E-state index in [2.05, 4.69) is 22.5 Å². The maximum Gasteiger partial charge on any atom is 0.265 e. The Morgan fingerprint density at radius 3 is 2.28 bits per heavy atom. The molecular weight excluding hydrogens is 434 g/mol. The number of sulfone groups is 1. The Labute approximate surface area is 188 Å². The number of hydrogen-bond acceptors (Lipinski definition) is 8. The quantitative estimate of drug-likeness (QED) is 0.161. The summed E-state index contributed by atoms with van der Waals surface area (Å²) >= 11 is 0. The minimum absolute atomic E-state index is 0.0652. The van der Waals surface area contributed by atoms with Crippen molar-refractivity contribution in [3.8, 4) is 23.3 Å². The van der Waals surface area contributed by atoms with Crippen molar-refractivity contribution >= 4 is 15.7 Å². The first-order chi connectivity index (χ1) is 15.4. The topological polar surface area (TPSA) is 126 Å². The molecule has 9 nitrogen and oxygen atoms in total. The lowest BCUT2D eigenvalue weighted by atomic mass is 10.1. The summed E-state index contributed by atoms with van der Waals surface area (Å²) < 4.78 is 36.3. The molecule has 2 aromatic carbocycles. The van der Waals surface area contributed by atoms with Gasteiger partial charge >= 0.3 is 0 Å². The number of carbonyl (C=O) groups is 1. The highest BCUT2D eigenvalue weighted by atomic mass is 32.2. The van der Waals surface area contributed by atoms with Crippen LogP contribution >= 0.6 is 0 Å². The van der Waals surface area contributed by atoms with Gasteiger partial charge in [0, 0.05) is 6.54 Å². The minimum atomic E-state index is -3.76. The average Bonchev–Trinajstić information content (AvgIpc) is 2.80. The first kappa shape index (κ1) is 25.2. The molecule has 1 unspecified atom stereocenters. The Balaban J connectivity index is 2.07. The first-order valence-electron chi connectivity index (χ1n) is 9.81. The summed E-state index contributed by atoms with van der Waals surface area (Å²) in [5.74, 6) is 5.25. The van der Waals surface area contributed by atoms with Crippen LogP contribution in [0.15, 0.2) is 53.4 Å². The van der Waals surface area contributed by atoms with Crippen molar-refractivity contribution in [1.82, 2.24) is 16.1 Å². The molecular formula is C22H27N3O6S. The molecule has 2 rings (SSSR count). The van der Waals surface area contributed by atoms with E-state index in [-0.39, 0.29) is 11.5 Å². The van der Waals surface area contributed by atoms with E-state index in [0.717, 1.165) is 0 Å². The predicted molar refractivity (Wildman–Crippen MR) is 119 cm³/mol. The number of nitrogens with one attached hydrogen (secondary N) is 3. The van der Waals surface area contributed by atoms with E-state index in [1.807, 2.05) is 7.05 Å². The number of ether oxygens (including phenoxy) is 2. The van der Waals surface area contributed by atoms with Crippen molar-refractivity contribution < 1.29 is 27.9 Å². The number of benzene rings is 2. The first-order valence-corrected chi connectivity index (χ1v) is 11.5. The highest BCUT2D eigenvalue weighted by molar-refractivity contribution is 7.91. The summed E-state index contributed by atoms with van der Waals surface area (Å²) in [6, 6.07) is 11.4. The molecule has 0 fully saturated rings. The fourth-order valence-corrected chi connectivity index (χ4v) is 3.77. The lowest BCUT2D eigenvalue weighted by Crippen LogP contribution is -2.38. The number of amides is 1. The van der Waals surface area contributed by atoms with Crippen LogP contribution in [0.5, 0.6) is 11.5 Å². The van der Waals surface area contributed by atoms with E-state index in [0.29, 0.717) is 30.2 Å². The number of carbonyl (C=O) groups excluding carboxylic acids is 1. The van der Waals surface area contributed by atoms with Gasteiger partial charge in [0.25, 0.3) is 5.91 Å². The number of hydroxylamine groups is 1.